The maximum absolute atomic E-state index is 12.8. The van der Waals surface area contributed by atoms with E-state index in [1.165, 1.54) is 18.4 Å². The Morgan fingerprint density at radius 2 is 1.97 bits per heavy atom. The first kappa shape index (κ1) is 22.4. The minimum atomic E-state index is -0.196. The van der Waals surface area contributed by atoms with E-state index in [1.807, 2.05) is 29.3 Å². The second-order valence-corrected chi connectivity index (χ2v) is 8.74. The lowest BCUT2D eigenvalue weighted by molar-refractivity contribution is 0.0438. The number of methoxy groups -OCH3 is 1. The van der Waals surface area contributed by atoms with E-state index in [0.717, 1.165) is 37.5 Å². The van der Waals surface area contributed by atoms with Crippen molar-refractivity contribution in [2.75, 3.05) is 44.8 Å². The van der Waals surface area contributed by atoms with Crippen LogP contribution in [0, 0.1) is 0 Å². The number of hydrogen-bond donors (Lipinski definition) is 0. The number of pyridine rings is 1. The molecule has 7 nitrogen and oxygen atoms in total. The third-order valence-corrected chi connectivity index (χ3v) is 6.55. The molecule has 0 saturated carbocycles. The van der Waals surface area contributed by atoms with Crippen LogP contribution in [0.5, 0.6) is 5.75 Å². The van der Waals surface area contributed by atoms with Gasteiger partial charge in [-0.1, -0.05) is 12.5 Å². The predicted octanol–water partition coefficient (Wildman–Crippen LogP) is 3.79. The zero-order valence-electron chi connectivity index (χ0n) is 19.2. The SMILES string of the molecule is COc1ccc(N2CCN(C(=O)OCC3CCCCN3Cc3cccnc3)CC2C)cc1. The van der Waals surface area contributed by atoms with E-state index >= 15 is 0 Å². The third kappa shape index (κ3) is 5.51. The molecule has 0 N–H and O–H groups in total. The van der Waals surface area contributed by atoms with E-state index in [2.05, 4.69) is 39.9 Å². The highest BCUT2D eigenvalue weighted by molar-refractivity contribution is 5.68. The highest BCUT2D eigenvalue weighted by atomic mass is 16.6. The minimum Gasteiger partial charge on any atom is -0.497 e. The molecule has 2 aliphatic rings. The highest BCUT2D eigenvalue weighted by Gasteiger charge is 2.29. The molecule has 1 aromatic carbocycles. The van der Waals surface area contributed by atoms with Gasteiger partial charge in [-0.15, -0.1) is 0 Å². The largest absolute Gasteiger partial charge is 0.497 e. The molecule has 2 aliphatic heterocycles. The van der Waals surface area contributed by atoms with Gasteiger partial charge in [0.25, 0.3) is 0 Å². The first-order chi connectivity index (χ1) is 15.6. The second-order valence-electron chi connectivity index (χ2n) is 8.74. The van der Waals surface area contributed by atoms with E-state index < -0.39 is 0 Å². The fraction of sp³-hybridized carbons (Fsp3) is 0.520. The number of hydrogen-bond acceptors (Lipinski definition) is 6. The van der Waals surface area contributed by atoms with Gasteiger partial charge in [0.2, 0.25) is 0 Å². The van der Waals surface area contributed by atoms with Crippen LogP contribution in [0.25, 0.3) is 0 Å². The summed E-state index contributed by atoms with van der Waals surface area (Å²) in [4.78, 5) is 23.7. The molecule has 2 atom stereocenters. The Labute approximate surface area is 190 Å². The number of carbonyl (C=O) groups excluding carboxylic acids is 1. The van der Waals surface area contributed by atoms with Crippen LogP contribution in [0.3, 0.4) is 0 Å². The van der Waals surface area contributed by atoms with Gasteiger partial charge >= 0.3 is 6.09 Å². The number of amides is 1. The number of nitrogens with zero attached hydrogens (tertiary/aromatic N) is 4. The fourth-order valence-corrected chi connectivity index (χ4v) is 4.72. The Morgan fingerprint density at radius 1 is 1.12 bits per heavy atom. The van der Waals surface area contributed by atoms with Crippen molar-refractivity contribution in [2.45, 2.75) is 44.8 Å². The van der Waals surface area contributed by atoms with E-state index in [-0.39, 0.29) is 18.2 Å². The molecule has 2 saturated heterocycles. The topological polar surface area (TPSA) is 58.1 Å². The van der Waals surface area contributed by atoms with Crippen LogP contribution >= 0.6 is 0 Å². The van der Waals surface area contributed by atoms with Crippen molar-refractivity contribution in [3.05, 3.63) is 54.4 Å². The predicted molar refractivity (Wildman–Crippen MR) is 125 cm³/mol. The van der Waals surface area contributed by atoms with E-state index in [4.69, 9.17) is 9.47 Å². The van der Waals surface area contributed by atoms with E-state index in [0.29, 0.717) is 19.7 Å². The number of piperidine rings is 1. The van der Waals surface area contributed by atoms with Crippen molar-refractivity contribution in [1.29, 1.82) is 0 Å². The molecule has 7 heteroatoms. The number of anilines is 1. The summed E-state index contributed by atoms with van der Waals surface area (Å²) in [5.41, 5.74) is 2.36. The molecule has 0 radical (unpaired) electrons. The molecule has 172 valence electrons. The van der Waals surface area contributed by atoms with Gasteiger partial charge in [0.1, 0.15) is 12.4 Å². The van der Waals surface area contributed by atoms with Crippen LogP contribution in [0.1, 0.15) is 31.7 Å². The molecule has 0 bridgehead atoms. The van der Waals surface area contributed by atoms with Crippen LogP contribution in [0.2, 0.25) is 0 Å². The van der Waals surface area contributed by atoms with Crippen LogP contribution in [-0.4, -0.2) is 72.9 Å². The van der Waals surface area contributed by atoms with Crippen LogP contribution in [0.15, 0.2) is 48.8 Å². The van der Waals surface area contributed by atoms with E-state index in [9.17, 15) is 4.79 Å². The van der Waals surface area contributed by atoms with Crippen molar-refractivity contribution in [2.24, 2.45) is 0 Å². The second kappa shape index (κ2) is 10.7. The highest BCUT2D eigenvalue weighted by Crippen LogP contribution is 2.24. The molecule has 3 heterocycles. The third-order valence-electron chi connectivity index (χ3n) is 6.55. The zero-order valence-corrected chi connectivity index (χ0v) is 19.2. The zero-order chi connectivity index (χ0) is 22.3. The number of rotatable bonds is 6. The Bertz CT molecular complexity index is 861. The first-order valence-electron chi connectivity index (χ1n) is 11.6. The molecule has 0 aliphatic carbocycles. The molecular formula is C25H34N4O3. The average molecular weight is 439 g/mol. The summed E-state index contributed by atoms with van der Waals surface area (Å²) in [7, 11) is 1.67. The van der Waals surface area contributed by atoms with Crippen LogP contribution in [0.4, 0.5) is 10.5 Å². The normalized spacial score (nSPS) is 21.9. The van der Waals surface area contributed by atoms with Gasteiger partial charge in [0.05, 0.1) is 7.11 Å². The Hall–Kier alpha value is -2.80. The van der Waals surface area contributed by atoms with Crippen molar-refractivity contribution in [1.82, 2.24) is 14.8 Å². The van der Waals surface area contributed by atoms with Crippen LogP contribution < -0.4 is 9.64 Å². The van der Waals surface area contributed by atoms with Gasteiger partial charge in [-0.05, 0) is 62.2 Å². The average Bonchev–Trinajstić information content (AvgIpc) is 2.84. The smallest absolute Gasteiger partial charge is 0.409 e. The summed E-state index contributed by atoms with van der Waals surface area (Å²) in [5, 5.41) is 0. The molecule has 2 aromatic rings. The lowest BCUT2D eigenvalue weighted by Crippen LogP contribution is -2.54. The number of ether oxygens (including phenoxy) is 2. The van der Waals surface area contributed by atoms with Gasteiger partial charge in [0.15, 0.2) is 0 Å². The lowest BCUT2D eigenvalue weighted by Gasteiger charge is -2.41. The summed E-state index contributed by atoms with van der Waals surface area (Å²) in [5.74, 6) is 0.851. The Balaban J connectivity index is 1.28. The molecule has 2 unspecified atom stereocenters. The summed E-state index contributed by atoms with van der Waals surface area (Å²) < 4.78 is 11.1. The van der Waals surface area contributed by atoms with E-state index in [1.54, 1.807) is 13.3 Å². The summed E-state index contributed by atoms with van der Waals surface area (Å²) in [6.45, 7) is 6.61. The quantitative estimate of drug-likeness (QED) is 0.684. The molecular weight excluding hydrogens is 404 g/mol. The van der Waals surface area contributed by atoms with Crippen molar-refractivity contribution >= 4 is 11.8 Å². The maximum Gasteiger partial charge on any atom is 0.409 e. The summed E-state index contributed by atoms with van der Waals surface area (Å²) >= 11 is 0. The Kier molecular flexibility index (Phi) is 7.47. The summed E-state index contributed by atoms with van der Waals surface area (Å²) in [6.07, 6.45) is 6.96. The van der Waals surface area contributed by atoms with Crippen LogP contribution in [-0.2, 0) is 11.3 Å². The molecule has 32 heavy (non-hydrogen) atoms. The standard InChI is InChI=1S/C25H34N4O3/c1-20-17-28(14-15-29(20)22-8-10-24(31-2)11-9-22)25(30)32-19-23-7-3-4-13-27(23)18-21-6-5-12-26-16-21/h5-6,8-12,16,20,23H,3-4,7,13-15,17-19H2,1-2H3. The van der Waals surface area contributed by atoms with Crippen molar-refractivity contribution in [3.63, 3.8) is 0 Å². The number of piperazine rings is 1. The molecule has 4 rings (SSSR count). The number of aromatic nitrogens is 1. The number of likely N-dealkylation sites (tertiary alicyclic amines) is 1. The number of benzene rings is 1. The van der Waals surface area contributed by atoms with Crippen molar-refractivity contribution in [3.8, 4) is 5.75 Å². The minimum absolute atomic E-state index is 0.196. The molecule has 2 fully saturated rings. The molecule has 0 spiro atoms. The Morgan fingerprint density at radius 3 is 2.69 bits per heavy atom. The molecule has 1 aromatic heterocycles. The monoisotopic (exact) mass is 438 g/mol. The summed E-state index contributed by atoms with van der Waals surface area (Å²) in [6, 6.07) is 12.7. The molecule has 1 amide bonds. The van der Waals surface area contributed by atoms with Gasteiger partial charge in [-0.25, -0.2) is 4.79 Å². The lowest BCUT2D eigenvalue weighted by atomic mass is 10.0. The van der Waals surface area contributed by atoms with Gasteiger partial charge in [-0.2, -0.15) is 0 Å². The van der Waals surface area contributed by atoms with Gasteiger partial charge in [-0.3, -0.25) is 9.88 Å². The van der Waals surface area contributed by atoms with Crippen molar-refractivity contribution < 1.29 is 14.3 Å². The van der Waals surface area contributed by atoms with Gasteiger partial charge in [0, 0.05) is 56.3 Å². The van der Waals surface area contributed by atoms with Gasteiger partial charge < -0.3 is 19.3 Å². The fourth-order valence-electron chi connectivity index (χ4n) is 4.72. The number of carbonyl (C=O) groups is 1. The first-order valence-corrected chi connectivity index (χ1v) is 11.6. The maximum atomic E-state index is 12.8.